The fourth-order valence-electron chi connectivity index (χ4n) is 2.78. The van der Waals surface area contributed by atoms with E-state index in [1.807, 2.05) is 6.07 Å². The summed E-state index contributed by atoms with van der Waals surface area (Å²) in [5, 5.41) is 13.2. The number of fused-ring (bicyclic) bond motifs is 2. The highest BCUT2D eigenvalue weighted by Crippen LogP contribution is 2.49. The Kier molecular flexibility index (Phi) is 3.36. The zero-order valence-electron chi connectivity index (χ0n) is 14.7. The standard InChI is InChI=1S/C20H25NO2/c1-19(2,3)12-9-14(20(4,5)6)18-16(10-12)21-15-8-7-13(22)11-17(15)23-18/h7-11,21-22H,1-6H3. The summed E-state index contributed by atoms with van der Waals surface area (Å²) in [7, 11) is 0. The molecule has 0 amide bonds. The molecule has 1 aliphatic rings. The summed E-state index contributed by atoms with van der Waals surface area (Å²) in [6.45, 7) is 13.2. The van der Waals surface area contributed by atoms with Crippen LogP contribution in [0.1, 0.15) is 52.7 Å². The molecule has 3 heteroatoms. The van der Waals surface area contributed by atoms with Crippen molar-refractivity contribution >= 4 is 11.4 Å². The van der Waals surface area contributed by atoms with E-state index in [0.29, 0.717) is 5.75 Å². The second kappa shape index (κ2) is 4.92. The van der Waals surface area contributed by atoms with E-state index < -0.39 is 0 Å². The lowest BCUT2D eigenvalue weighted by molar-refractivity contribution is 0.440. The summed E-state index contributed by atoms with van der Waals surface area (Å²) < 4.78 is 6.16. The fraction of sp³-hybridized carbons (Fsp3) is 0.400. The number of rotatable bonds is 0. The third-order valence-electron chi connectivity index (χ3n) is 4.21. The molecule has 0 radical (unpaired) electrons. The maximum atomic E-state index is 9.71. The summed E-state index contributed by atoms with van der Waals surface area (Å²) >= 11 is 0. The van der Waals surface area contributed by atoms with Crippen LogP contribution in [0.5, 0.6) is 17.2 Å². The van der Waals surface area contributed by atoms with E-state index >= 15 is 0 Å². The first-order valence-electron chi connectivity index (χ1n) is 8.02. The van der Waals surface area contributed by atoms with E-state index in [-0.39, 0.29) is 16.6 Å². The number of anilines is 2. The molecule has 122 valence electrons. The van der Waals surface area contributed by atoms with Crippen LogP contribution in [0, 0.1) is 0 Å². The highest BCUT2D eigenvalue weighted by atomic mass is 16.5. The van der Waals surface area contributed by atoms with E-state index in [0.717, 1.165) is 17.1 Å². The van der Waals surface area contributed by atoms with Crippen LogP contribution in [0.4, 0.5) is 11.4 Å². The zero-order chi connectivity index (χ0) is 17.0. The van der Waals surface area contributed by atoms with E-state index in [1.54, 1.807) is 12.1 Å². The Labute approximate surface area is 138 Å². The lowest BCUT2D eigenvalue weighted by Crippen LogP contribution is -2.19. The van der Waals surface area contributed by atoms with Gasteiger partial charge in [0.25, 0.3) is 0 Å². The topological polar surface area (TPSA) is 41.5 Å². The second-order valence-corrected chi connectivity index (χ2v) is 8.31. The molecule has 0 bridgehead atoms. The minimum atomic E-state index is -0.0403. The molecule has 0 atom stereocenters. The van der Waals surface area contributed by atoms with E-state index in [9.17, 15) is 5.11 Å². The van der Waals surface area contributed by atoms with Gasteiger partial charge in [-0.2, -0.15) is 0 Å². The Bertz CT molecular complexity index is 764. The first kappa shape index (κ1) is 15.7. The highest BCUT2D eigenvalue weighted by Gasteiger charge is 2.29. The molecule has 0 spiro atoms. The Morgan fingerprint density at radius 2 is 1.57 bits per heavy atom. The lowest BCUT2D eigenvalue weighted by atomic mass is 9.79. The van der Waals surface area contributed by atoms with Crippen LogP contribution < -0.4 is 10.1 Å². The number of ether oxygens (including phenoxy) is 1. The van der Waals surface area contributed by atoms with Gasteiger partial charge in [-0.1, -0.05) is 47.6 Å². The van der Waals surface area contributed by atoms with Gasteiger partial charge in [0, 0.05) is 11.6 Å². The van der Waals surface area contributed by atoms with Gasteiger partial charge >= 0.3 is 0 Å². The van der Waals surface area contributed by atoms with Crippen LogP contribution in [-0.4, -0.2) is 5.11 Å². The van der Waals surface area contributed by atoms with E-state index in [2.05, 4.69) is 59.0 Å². The SMILES string of the molecule is CC(C)(C)c1cc2c(c(C(C)(C)C)c1)Oc1cc(O)ccc1N2. The summed E-state index contributed by atoms with van der Waals surface area (Å²) in [5.41, 5.74) is 4.33. The van der Waals surface area contributed by atoms with Gasteiger partial charge in [0.05, 0.1) is 11.4 Å². The second-order valence-electron chi connectivity index (χ2n) is 8.31. The van der Waals surface area contributed by atoms with Crippen molar-refractivity contribution in [1.82, 2.24) is 0 Å². The molecule has 1 heterocycles. The van der Waals surface area contributed by atoms with Gasteiger partial charge in [-0.05, 0) is 34.6 Å². The van der Waals surface area contributed by atoms with E-state index in [1.165, 1.54) is 11.1 Å². The van der Waals surface area contributed by atoms with Gasteiger partial charge in [-0.3, -0.25) is 0 Å². The molecule has 0 saturated carbocycles. The Morgan fingerprint density at radius 1 is 0.870 bits per heavy atom. The minimum absolute atomic E-state index is 0.0403. The van der Waals surface area contributed by atoms with Gasteiger partial charge < -0.3 is 15.2 Å². The molecule has 23 heavy (non-hydrogen) atoms. The summed E-state index contributed by atoms with van der Waals surface area (Å²) in [6.07, 6.45) is 0. The van der Waals surface area contributed by atoms with Crippen LogP contribution >= 0.6 is 0 Å². The van der Waals surface area contributed by atoms with E-state index in [4.69, 9.17) is 4.74 Å². The smallest absolute Gasteiger partial charge is 0.154 e. The van der Waals surface area contributed by atoms with Gasteiger partial charge in [0.1, 0.15) is 5.75 Å². The predicted molar refractivity (Wildman–Crippen MR) is 95.3 cm³/mol. The molecule has 1 aliphatic heterocycles. The molecule has 3 nitrogen and oxygen atoms in total. The molecule has 0 saturated heterocycles. The van der Waals surface area contributed by atoms with Crippen molar-refractivity contribution in [2.45, 2.75) is 52.4 Å². The molecule has 2 N–H and O–H groups in total. The molecule has 2 aromatic carbocycles. The fourth-order valence-corrected chi connectivity index (χ4v) is 2.78. The monoisotopic (exact) mass is 311 g/mol. The largest absolute Gasteiger partial charge is 0.508 e. The number of phenolic OH excluding ortho intramolecular Hbond substituents is 1. The molecule has 3 rings (SSSR count). The van der Waals surface area contributed by atoms with Crippen LogP contribution in [0.15, 0.2) is 30.3 Å². The van der Waals surface area contributed by atoms with Crippen molar-refractivity contribution in [3.63, 3.8) is 0 Å². The molecule has 0 aromatic heterocycles. The van der Waals surface area contributed by atoms with Crippen molar-refractivity contribution in [3.8, 4) is 17.2 Å². The summed E-state index contributed by atoms with van der Waals surface area (Å²) in [6, 6.07) is 9.57. The number of benzene rings is 2. The molecule has 0 aliphatic carbocycles. The summed E-state index contributed by atoms with van der Waals surface area (Å²) in [4.78, 5) is 0. The van der Waals surface area contributed by atoms with Crippen molar-refractivity contribution in [2.75, 3.05) is 5.32 Å². The maximum Gasteiger partial charge on any atom is 0.154 e. The molecular formula is C20H25NO2. The molecule has 2 aromatic rings. The van der Waals surface area contributed by atoms with Crippen LogP contribution in [0.3, 0.4) is 0 Å². The quantitative estimate of drug-likeness (QED) is 0.513. The first-order chi connectivity index (χ1) is 10.6. The van der Waals surface area contributed by atoms with Crippen molar-refractivity contribution in [1.29, 1.82) is 0 Å². The van der Waals surface area contributed by atoms with Crippen LogP contribution in [-0.2, 0) is 10.8 Å². The third kappa shape index (κ3) is 2.88. The zero-order valence-corrected chi connectivity index (χ0v) is 14.7. The average Bonchev–Trinajstić information content (AvgIpc) is 2.41. The van der Waals surface area contributed by atoms with Crippen LogP contribution in [0.25, 0.3) is 0 Å². The van der Waals surface area contributed by atoms with Gasteiger partial charge in [0.2, 0.25) is 0 Å². The predicted octanol–water partition coefficient (Wildman–Crippen LogP) is 5.84. The number of nitrogens with one attached hydrogen (secondary N) is 1. The first-order valence-corrected chi connectivity index (χ1v) is 8.02. The minimum Gasteiger partial charge on any atom is -0.508 e. The highest BCUT2D eigenvalue weighted by molar-refractivity contribution is 5.78. The normalized spacial score (nSPS) is 13.7. The van der Waals surface area contributed by atoms with Crippen molar-refractivity contribution in [3.05, 3.63) is 41.5 Å². The Balaban J connectivity index is 2.20. The van der Waals surface area contributed by atoms with Gasteiger partial charge in [-0.15, -0.1) is 0 Å². The summed E-state index contributed by atoms with van der Waals surface area (Å²) in [5.74, 6) is 1.72. The third-order valence-corrected chi connectivity index (χ3v) is 4.21. The van der Waals surface area contributed by atoms with Crippen molar-refractivity contribution < 1.29 is 9.84 Å². The van der Waals surface area contributed by atoms with Gasteiger partial charge in [0.15, 0.2) is 11.5 Å². The van der Waals surface area contributed by atoms with Gasteiger partial charge in [-0.25, -0.2) is 0 Å². The molecule has 0 unspecified atom stereocenters. The lowest BCUT2D eigenvalue weighted by Gasteiger charge is -2.32. The Morgan fingerprint density at radius 3 is 2.17 bits per heavy atom. The number of aromatic hydroxyl groups is 1. The molecular weight excluding hydrogens is 286 g/mol. The maximum absolute atomic E-state index is 9.71. The van der Waals surface area contributed by atoms with Crippen molar-refractivity contribution in [2.24, 2.45) is 0 Å². The van der Waals surface area contributed by atoms with Crippen LogP contribution in [0.2, 0.25) is 0 Å². The number of phenols is 1. The molecule has 0 fully saturated rings. The number of hydrogen-bond donors (Lipinski definition) is 2. The Hall–Kier alpha value is -2.16. The number of hydrogen-bond acceptors (Lipinski definition) is 3. The average molecular weight is 311 g/mol.